The quantitative estimate of drug-likeness (QED) is 0.938. The van der Waals surface area contributed by atoms with E-state index in [-0.39, 0.29) is 23.1 Å². The Bertz CT molecular complexity index is 787. The summed E-state index contributed by atoms with van der Waals surface area (Å²) in [7, 11) is 0. The Kier molecular flexibility index (Phi) is 4.33. The number of aromatic carboxylic acids is 1. The molecule has 2 heterocycles. The van der Waals surface area contributed by atoms with Crippen LogP contribution in [0.25, 0.3) is 0 Å². The Balaban J connectivity index is 1.77. The van der Waals surface area contributed by atoms with Gasteiger partial charge in [-0.1, -0.05) is 6.07 Å². The van der Waals surface area contributed by atoms with Crippen LogP contribution < -0.4 is 0 Å². The standard InChI is InChI=1S/C17H18FN3O3/c1-11-4-5-14(15(18)7-11)16(22)20-6-2-3-13(10-20)21-9-12(8-19-21)17(23)24/h4-5,7-9,13H,2-3,6,10H2,1H3,(H,23,24). The highest BCUT2D eigenvalue weighted by atomic mass is 19.1. The SMILES string of the molecule is Cc1ccc(C(=O)N2CCCC(n3cc(C(=O)O)cn3)C2)c(F)c1. The number of rotatable bonds is 3. The maximum Gasteiger partial charge on any atom is 0.338 e. The third kappa shape index (κ3) is 3.15. The highest BCUT2D eigenvalue weighted by molar-refractivity contribution is 5.94. The lowest BCUT2D eigenvalue weighted by Gasteiger charge is -2.33. The van der Waals surface area contributed by atoms with Gasteiger partial charge in [0.1, 0.15) is 5.82 Å². The topological polar surface area (TPSA) is 75.4 Å². The predicted molar refractivity (Wildman–Crippen MR) is 84.5 cm³/mol. The molecule has 0 radical (unpaired) electrons. The third-order valence-electron chi connectivity index (χ3n) is 4.26. The van der Waals surface area contributed by atoms with Crippen LogP contribution in [-0.4, -0.2) is 44.8 Å². The van der Waals surface area contributed by atoms with E-state index in [1.807, 2.05) is 0 Å². The number of aryl methyl sites for hydroxylation is 1. The normalized spacial score (nSPS) is 17.8. The van der Waals surface area contributed by atoms with Crippen LogP contribution in [0, 0.1) is 12.7 Å². The lowest BCUT2D eigenvalue weighted by Crippen LogP contribution is -2.41. The molecule has 1 atom stereocenters. The van der Waals surface area contributed by atoms with E-state index in [1.54, 1.807) is 22.6 Å². The van der Waals surface area contributed by atoms with Gasteiger partial charge in [-0.2, -0.15) is 5.10 Å². The molecule has 1 saturated heterocycles. The lowest BCUT2D eigenvalue weighted by atomic mass is 10.0. The van der Waals surface area contributed by atoms with Crippen molar-refractivity contribution in [3.05, 3.63) is 53.1 Å². The van der Waals surface area contributed by atoms with E-state index in [4.69, 9.17) is 5.11 Å². The summed E-state index contributed by atoms with van der Waals surface area (Å²) < 4.78 is 15.6. The molecule has 2 aromatic rings. The van der Waals surface area contributed by atoms with Crippen LogP contribution in [0.5, 0.6) is 0 Å². The second-order valence-corrected chi connectivity index (χ2v) is 6.04. The van der Waals surface area contributed by atoms with E-state index >= 15 is 0 Å². The van der Waals surface area contributed by atoms with Crippen LogP contribution in [0.15, 0.2) is 30.6 Å². The lowest BCUT2D eigenvalue weighted by molar-refractivity contribution is 0.0662. The third-order valence-corrected chi connectivity index (χ3v) is 4.26. The highest BCUT2D eigenvalue weighted by Crippen LogP contribution is 2.23. The highest BCUT2D eigenvalue weighted by Gasteiger charge is 2.27. The Morgan fingerprint density at radius 3 is 2.83 bits per heavy atom. The first-order chi connectivity index (χ1) is 11.5. The number of benzene rings is 1. The molecular formula is C17H18FN3O3. The minimum Gasteiger partial charge on any atom is -0.478 e. The van der Waals surface area contributed by atoms with Crippen molar-refractivity contribution in [3.63, 3.8) is 0 Å². The number of likely N-dealkylation sites (tertiary alicyclic amines) is 1. The molecule has 1 fully saturated rings. The number of carbonyl (C=O) groups is 2. The van der Waals surface area contributed by atoms with Gasteiger partial charge >= 0.3 is 5.97 Å². The van der Waals surface area contributed by atoms with Crippen molar-refractivity contribution in [2.45, 2.75) is 25.8 Å². The zero-order valence-corrected chi connectivity index (χ0v) is 13.3. The van der Waals surface area contributed by atoms with Crippen molar-refractivity contribution in [2.24, 2.45) is 0 Å². The molecule has 1 N–H and O–H groups in total. The fourth-order valence-corrected chi connectivity index (χ4v) is 2.97. The Labute approximate surface area is 138 Å². The predicted octanol–water partition coefficient (Wildman–Crippen LogP) is 2.51. The van der Waals surface area contributed by atoms with Gasteiger partial charge in [-0.05, 0) is 37.5 Å². The molecule has 1 aliphatic rings. The molecule has 1 aliphatic heterocycles. The molecule has 6 nitrogen and oxygen atoms in total. The molecule has 7 heteroatoms. The molecule has 1 aromatic heterocycles. The summed E-state index contributed by atoms with van der Waals surface area (Å²) in [6.45, 7) is 2.70. The van der Waals surface area contributed by atoms with Gasteiger partial charge in [0.05, 0.1) is 23.4 Å². The summed E-state index contributed by atoms with van der Waals surface area (Å²) >= 11 is 0. The number of amides is 1. The molecule has 0 saturated carbocycles. The molecule has 1 aromatic carbocycles. The molecule has 126 valence electrons. The van der Waals surface area contributed by atoms with E-state index in [2.05, 4.69) is 5.10 Å². The Hall–Kier alpha value is -2.70. The number of aromatic nitrogens is 2. The summed E-state index contributed by atoms with van der Waals surface area (Å²) in [6, 6.07) is 4.46. The van der Waals surface area contributed by atoms with Crippen LogP contribution in [0.4, 0.5) is 4.39 Å². The van der Waals surface area contributed by atoms with Crippen LogP contribution >= 0.6 is 0 Å². The zero-order chi connectivity index (χ0) is 17.3. The molecule has 1 unspecified atom stereocenters. The molecular weight excluding hydrogens is 313 g/mol. The van der Waals surface area contributed by atoms with Crippen molar-refractivity contribution in [2.75, 3.05) is 13.1 Å². The summed E-state index contributed by atoms with van der Waals surface area (Å²) in [5.41, 5.74) is 0.939. The average molecular weight is 331 g/mol. The second kappa shape index (κ2) is 6.43. The number of halogens is 1. The smallest absolute Gasteiger partial charge is 0.338 e. The van der Waals surface area contributed by atoms with Gasteiger partial charge < -0.3 is 10.0 Å². The Morgan fingerprint density at radius 2 is 2.17 bits per heavy atom. The molecule has 24 heavy (non-hydrogen) atoms. The number of carboxylic acid groups (broad SMARTS) is 1. The summed E-state index contributed by atoms with van der Waals surface area (Å²) in [5.74, 6) is -1.90. The first-order valence-electron chi connectivity index (χ1n) is 7.78. The molecule has 1 amide bonds. The van der Waals surface area contributed by atoms with Gasteiger partial charge in [-0.3, -0.25) is 9.48 Å². The van der Waals surface area contributed by atoms with Crippen LogP contribution in [-0.2, 0) is 0 Å². The van der Waals surface area contributed by atoms with Crippen molar-refractivity contribution >= 4 is 11.9 Å². The second-order valence-electron chi connectivity index (χ2n) is 6.04. The van der Waals surface area contributed by atoms with Crippen molar-refractivity contribution in [1.82, 2.24) is 14.7 Å². The van der Waals surface area contributed by atoms with Gasteiger partial charge in [0.2, 0.25) is 0 Å². The van der Waals surface area contributed by atoms with Crippen molar-refractivity contribution in [1.29, 1.82) is 0 Å². The number of piperidine rings is 1. The van der Waals surface area contributed by atoms with Crippen LogP contribution in [0.3, 0.4) is 0 Å². The van der Waals surface area contributed by atoms with Gasteiger partial charge in [-0.15, -0.1) is 0 Å². The van der Waals surface area contributed by atoms with Crippen molar-refractivity contribution in [3.8, 4) is 0 Å². The molecule has 3 rings (SSSR count). The van der Waals surface area contributed by atoms with E-state index in [0.29, 0.717) is 13.1 Å². The number of hydrogen-bond acceptors (Lipinski definition) is 3. The van der Waals surface area contributed by atoms with Gasteiger partial charge in [-0.25, -0.2) is 9.18 Å². The van der Waals surface area contributed by atoms with E-state index in [0.717, 1.165) is 18.4 Å². The minimum absolute atomic E-state index is 0.0629. The Morgan fingerprint density at radius 1 is 1.38 bits per heavy atom. The fourth-order valence-electron chi connectivity index (χ4n) is 2.97. The molecule has 0 aliphatic carbocycles. The largest absolute Gasteiger partial charge is 0.478 e. The number of nitrogens with zero attached hydrogens (tertiary/aromatic N) is 3. The van der Waals surface area contributed by atoms with E-state index < -0.39 is 11.8 Å². The first-order valence-corrected chi connectivity index (χ1v) is 7.78. The fraction of sp³-hybridized carbons (Fsp3) is 0.353. The summed E-state index contributed by atoms with van der Waals surface area (Å²) in [4.78, 5) is 25.1. The maximum atomic E-state index is 14.0. The number of carboxylic acids is 1. The van der Waals surface area contributed by atoms with E-state index in [9.17, 15) is 14.0 Å². The maximum absolute atomic E-state index is 14.0. The van der Waals surface area contributed by atoms with E-state index in [1.165, 1.54) is 24.5 Å². The average Bonchev–Trinajstić information content (AvgIpc) is 3.05. The molecule has 0 spiro atoms. The minimum atomic E-state index is -1.04. The zero-order valence-electron chi connectivity index (χ0n) is 13.3. The summed E-state index contributed by atoms with van der Waals surface area (Å²) in [6.07, 6.45) is 4.31. The van der Waals surface area contributed by atoms with Gasteiger partial charge in [0, 0.05) is 19.3 Å². The molecule has 0 bridgehead atoms. The monoisotopic (exact) mass is 331 g/mol. The first kappa shape index (κ1) is 16.2. The van der Waals surface area contributed by atoms with Crippen molar-refractivity contribution < 1.29 is 19.1 Å². The van der Waals surface area contributed by atoms with Crippen LogP contribution in [0.1, 0.15) is 45.2 Å². The summed E-state index contributed by atoms with van der Waals surface area (Å²) in [5, 5.41) is 13.1. The van der Waals surface area contributed by atoms with Gasteiger partial charge in [0.15, 0.2) is 0 Å². The van der Waals surface area contributed by atoms with Crippen LogP contribution in [0.2, 0.25) is 0 Å². The number of hydrogen-bond donors (Lipinski definition) is 1. The number of carbonyl (C=O) groups excluding carboxylic acids is 1. The van der Waals surface area contributed by atoms with Gasteiger partial charge in [0.25, 0.3) is 5.91 Å².